The Kier molecular flexibility index (Phi) is 4.00. The van der Waals surface area contributed by atoms with E-state index in [0.717, 1.165) is 4.90 Å². The van der Waals surface area contributed by atoms with Crippen LogP contribution in [-0.2, 0) is 0 Å². The van der Waals surface area contributed by atoms with Crippen molar-refractivity contribution in [1.82, 2.24) is 0 Å². The molecule has 23 heavy (non-hydrogen) atoms. The SMILES string of the molecule is O=C1c2ccccc2C(=O)N1c1cc(Cl)ccc1OCC(F)F. The molecule has 0 saturated heterocycles. The van der Waals surface area contributed by atoms with Gasteiger partial charge in [-0.1, -0.05) is 23.7 Å². The fourth-order valence-electron chi connectivity index (χ4n) is 2.35. The molecule has 2 aromatic rings. The zero-order chi connectivity index (χ0) is 16.6. The molecular formula is C16H10ClF2NO3. The highest BCUT2D eigenvalue weighted by Gasteiger charge is 2.37. The van der Waals surface area contributed by atoms with E-state index >= 15 is 0 Å². The number of halogens is 3. The number of amides is 2. The third kappa shape index (κ3) is 2.77. The number of carbonyl (C=O) groups is 2. The van der Waals surface area contributed by atoms with Crippen LogP contribution in [0.15, 0.2) is 42.5 Å². The molecule has 1 aliphatic rings. The van der Waals surface area contributed by atoms with Gasteiger partial charge in [-0.3, -0.25) is 9.59 Å². The third-order valence-corrected chi connectivity index (χ3v) is 3.56. The summed E-state index contributed by atoms with van der Waals surface area (Å²) in [6.07, 6.45) is -2.68. The summed E-state index contributed by atoms with van der Waals surface area (Å²) in [7, 11) is 0. The minimum atomic E-state index is -2.68. The molecule has 1 aliphatic heterocycles. The number of nitrogens with zero attached hydrogens (tertiary/aromatic N) is 1. The largest absolute Gasteiger partial charge is 0.485 e. The highest BCUT2D eigenvalue weighted by molar-refractivity contribution is 6.36. The summed E-state index contributed by atoms with van der Waals surface area (Å²) in [5.41, 5.74) is 0.541. The zero-order valence-electron chi connectivity index (χ0n) is 11.6. The minimum Gasteiger partial charge on any atom is -0.485 e. The van der Waals surface area contributed by atoms with Gasteiger partial charge in [0.05, 0.1) is 16.8 Å². The molecule has 0 aromatic heterocycles. The quantitative estimate of drug-likeness (QED) is 0.798. The van der Waals surface area contributed by atoms with E-state index in [1.54, 1.807) is 12.1 Å². The molecule has 0 atom stereocenters. The second-order valence-electron chi connectivity index (χ2n) is 4.81. The Hall–Kier alpha value is -2.47. The Morgan fingerprint density at radius 1 is 1.04 bits per heavy atom. The molecule has 3 rings (SSSR count). The van der Waals surface area contributed by atoms with Crippen molar-refractivity contribution < 1.29 is 23.1 Å². The van der Waals surface area contributed by atoms with Crippen molar-refractivity contribution in [3.63, 3.8) is 0 Å². The number of carbonyl (C=O) groups excluding carboxylic acids is 2. The van der Waals surface area contributed by atoms with E-state index in [1.165, 1.54) is 30.3 Å². The van der Waals surface area contributed by atoms with E-state index in [4.69, 9.17) is 16.3 Å². The van der Waals surface area contributed by atoms with Gasteiger partial charge in [0.2, 0.25) is 0 Å². The van der Waals surface area contributed by atoms with Crippen LogP contribution in [0.5, 0.6) is 5.75 Å². The first kappa shape index (κ1) is 15.4. The first-order valence-corrected chi connectivity index (χ1v) is 7.05. The molecule has 0 radical (unpaired) electrons. The number of rotatable bonds is 4. The van der Waals surface area contributed by atoms with Crippen LogP contribution < -0.4 is 9.64 Å². The van der Waals surface area contributed by atoms with Gasteiger partial charge in [0.25, 0.3) is 18.2 Å². The standard InChI is InChI=1S/C16H10ClF2NO3/c17-9-5-6-13(23-8-14(18)19)12(7-9)20-15(21)10-3-1-2-4-11(10)16(20)22/h1-7,14H,8H2. The molecule has 0 unspecified atom stereocenters. The Morgan fingerprint density at radius 3 is 2.22 bits per heavy atom. The van der Waals surface area contributed by atoms with Gasteiger partial charge in [0, 0.05) is 5.02 Å². The molecule has 4 nitrogen and oxygen atoms in total. The van der Waals surface area contributed by atoms with E-state index in [9.17, 15) is 18.4 Å². The Balaban J connectivity index is 2.04. The molecule has 2 aromatic carbocycles. The number of ether oxygens (including phenoxy) is 1. The summed E-state index contributed by atoms with van der Waals surface area (Å²) in [6.45, 7) is -0.849. The summed E-state index contributed by atoms with van der Waals surface area (Å²) in [6, 6.07) is 10.5. The van der Waals surface area contributed by atoms with Gasteiger partial charge in [-0.2, -0.15) is 0 Å². The van der Waals surface area contributed by atoms with Gasteiger partial charge in [-0.25, -0.2) is 13.7 Å². The number of hydrogen-bond donors (Lipinski definition) is 0. The Morgan fingerprint density at radius 2 is 1.65 bits per heavy atom. The van der Waals surface area contributed by atoms with Gasteiger partial charge in [-0.05, 0) is 30.3 Å². The van der Waals surface area contributed by atoms with Crippen LogP contribution in [-0.4, -0.2) is 24.8 Å². The maximum atomic E-state index is 12.5. The van der Waals surface area contributed by atoms with Gasteiger partial charge >= 0.3 is 0 Å². The molecule has 0 spiro atoms. The first-order valence-electron chi connectivity index (χ1n) is 6.67. The van der Waals surface area contributed by atoms with Crippen LogP contribution in [0, 0.1) is 0 Å². The number of hydrogen-bond acceptors (Lipinski definition) is 3. The molecule has 7 heteroatoms. The van der Waals surface area contributed by atoms with Crippen molar-refractivity contribution in [2.24, 2.45) is 0 Å². The first-order chi connectivity index (χ1) is 11.0. The molecular weight excluding hydrogens is 328 g/mol. The van der Waals surface area contributed by atoms with E-state index in [1.807, 2.05) is 0 Å². The summed E-state index contributed by atoms with van der Waals surface area (Å²) < 4.78 is 29.8. The highest BCUT2D eigenvalue weighted by atomic mass is 35.5. The average molecular weight is 338 g/mol. The number of alkyl halides is 2. The molecule has 0 saturated carbocycles. The van der Waals surface area contributed by atoms with E-state index in [-0.39, 0.29) is 27.6 Å². The number of imide groups is 1. The van der Waals surface area contributed by atoms with Crippen LogP contribution in [0.1, 0.15) is 20.7 Å². The predicted octanol–water partition coefficient (Wildman–Crippen LogP) is 3.78. The molecule has 0 fully saturated rings. The normalized spacial score (nSPS) is 13.7. The maximum absolute atomic E-state index is 12.5. The number of anilines is 1. The fourth-order valence-corrected chi connectivity index (χ4v) is 2.51. The minimum absolute atomic E-state index is 0.00999. The van der Waals surface area contributed by atoms with E-state index in [0.29, 0.717) is 0 Å². The maximum Gasteiger partial charge on any atom is 0.272 e. The molecule has 0 N–H and O–H groups in total. The Labute approximate surface area is 135 Å². The number of fused-ring (bicyclic) bond motifs is 1. The second kappa shape index (κ2) is 5.96. The summed E-state index contributed by atoms with van der Waals surface area (Å²) in [5.74, 6) is -1.10. The van der Waals surface area contributed by atoms with Crippen molar-refractivity contribution in [2.45, 2.75) is 6.43 Å². The smallest absolute Gasteiger partial charge is 0.272 e. The second-order valence-corrected chi connectivity index (χ2v) is 5.24. The van der Waals surface area contributed by atoms with Gasteiger partial charge in [-0.15, -0.1) is 0 Å². The molecule has 2 amide bonds. The van der Waals surface area contributed by atoms with Gasteiger partial charge < -0.3 is 4.74 Å². The lowest BCUT2D eigenvalue weighted by Gasteiger charge is -2.18. The summed E-state index contributed by atoms with van der Waals surface area (Å²) in [5, 5.41) is 0.251. The van der Waals surface area contributed by atoms with Crippen LogP contribution in [0.2, 0.25) is 5.02 Å². The molecule has 1 heterocycles. The third-order valence-electron chi connectivity index (χ3n) is 3.32. The van der Waals surface area contributed by atoms with Gasteiger partial charge in [0.15, 0.2) is 0 Å². The lowest BCUT2D eigenvalue weighted by Crippen LogP contribution is -2.30. The molecule has 118 valence electrons. The fraction of sp³-hybridized carbons (Fsp3) is 0.125. The van der Waals surface area contributed by atoms with Crippen LogP contribution in [0.4, 0.5) is 14.5 Å². The Bertz CT molecular complexity index is 760. The summed E-state index contributed by atoms with van der Waals surface area (Å²) >= 11 is 5.91. The average Bonchev–Trinajstić information content (AvgIpc) is 2.78. The van der Waals surface area contributed by atoms with Crippen LogP contribution in [0.25, 0.3) is 0 Å². The predicted molar refractivity (Wildman–Crippen MR) is 80.5 cm³/mol. The van der Waals surface area contributed by atoms with E-state index in [2.05, 4.69) is 0 Å². The van der Waals surface area contributed by atoms with Crippen molar-refractivity contribution in [1.29, 1.82) is 0 Å². The molecule has 0 aliphatic carbocycles. The monoisotopic (exact) mass is 337 g/mol. The number of benzene rings is 2. The molecule has 0 bridgehead atoms. The van der Waals surface area contributed by atoms with E-state index < -0.39 is 24.8 Å². The van der Waals surface area contributed by atoms with Crippen molar-refractivity contribution in [3.8, 4) is 5.75 Å². The van der Waals surface area contributed by atoms with Crippen LogP contribution >= 0.6 is 11.6 Å². The highest BCUT2D eigenvalue weighted by Crippen LogP contribution is 2.36. The van der Waals surface area contributed by atoms with Crippen molar-refractivity contribution in [2.75, 3.05) is 11.5 Å². The van der Waals surface area contributed by atoms with Crippen molar-refractivity contribution in [3.05, 3.63) is 58.6 Å². The lowest BCUT2D eigenvalue weighted by molar-refractivity contribution is 0.0817. The summed E-state index contributed by atoms with van der Waals surface area (Å²) in [4.78, 5) is 25.8. The topological polar surface area (TPSA) is 46.6 Å². The van der Waals surface area contributed by atoms with Crippen molar-refractivity contribution >= 4 is 29.1 Å². The zero-order valence-corrected chi connectivity index (χ0v) is 12.4. The van der Waals surface area contributed by atoms with Gasteiger partial charge in [0.1, 0.15) is 12.4 Å². The van der Waals surface area contributed by atoms with Crippen LogP contribution in [0.3, 0.4) is 0 Å². The lowest BCUT2D eigenvalue weighted by atomic mass is 10.1.